The molecule has 0 aromatic heterocycles. The van der Waals surface area contributed by atoms with Gasteiger partial charge in [0.25, 0.3) is 0 Å². The Morgan fingerprint density at radius 2 is 1.82 bits per heavy atom. The predicted octanol–water partition coefficient (Wildman–Crippen LogP) is 5.52. The lowest BCUT2D eigenvalue weighted by Crippen LogP contribution is -2.08. The van der Waals surface area contributed by atoms with E-state index in [0.29, 0.717) is 30.0 Å². The molecule has 1 saturated heterocycles. The van der Waals surface area contributed by atoms with Gasteiger partial charge >= 0.3 is 0 Å². The van der Waals surface area contributed by atoms with Crippen molar-refractivity contribution in [1.29, 1.82) is 0 Å². The van der Waals surface area contributed by atoms with Gasteiger partial charge in [0.2, 0.25) is 0 Å². The highest BCUT2D eigenvalue weighted by molar-refractivity contribution is 5.40. The lowest BCUT2D eigenvalue weighted by molar-refractivity contribution is 0.267. The molecule has 3 atom stereocenters. The monoisotopic (exact) mass is 304 g/mol. The first kappa shape index (κ1) is 17.3. The number of hydrogen-bond donors (Lipinski definition) is 0. The Morgan fingerprint density at radius 3 is 2.36 bits per heavy atom. The molecular formula is C20H32O2. The van der Waals surface area contributed by atoms with Crippen LogP contribution in [0.4, 0.5) is 0 Å². The molecule has 1 fully saturated rings. The van der Waals surface area contributed by atoms with E-state index >= 15 is 0 Å². The van der Waals surface area contributed by atoms with E-state index in [0.717, 1.165) is 25.2 Å². The van der Waals surface area contributed by atoms with Crippen LogP contribution in [0.3, 0.4) is 0 Å². The van der Waals surface area contributed by atoms with Crippen LogP contribution in [0.15, 0.2) is 18.2 Å². The maximum absolute atomic E-state index is 6.00. The predicted molar refractivity (Wildman–Crippen MR) is 92.8 cm³/mol. The third-order valence-electron chi connectivity index (χ3n) is 4.47. The molecule has 1 heterocycles. The van der Waals surface area contributed by atoms with Gasteiger partial charge in [0.15, 0.2) is 0 Å². The number of rotatable bonds is 8. The highest BCUT2D eigenvalue weighted by Gasteiger charge is 2.37. The summed E-state index contributed by atoms with van der Waals surface area (Å²) in [5.74, 6) is 2.62. The molecule has 0 aliphatic carbocycles. The summed E-state index contributed by atoms with van der Waals surface area (Å²) in [5.41, 5.74) is 2.74. The number of epoxide rings is 1. The summed E-state index contributed by atoms with van der Waals surface area (Å²) >= 11 is 0. The molecule has 0 amide bonds. The van der Waals surface area contributed by atoms with Gasteiger partial charge in [-0.2, -0.15) is 0 Å². The summed E-state index contributed by atoms with van der Waals surface area (Å²) < 4.78 is 11.7. The summed E-state index contributed by atoms with van der Waals surface area (Å²) in [6.07, 6.45) is 3.24. The lowest BCUT2D eigenvalue weighted by atomic mass is 9.91. The van der Waals surface area contributed by atoms with Crippen LogP contribution in [0.2, 0.25) is 0 Å². The molecule has 2 nitrogen and oxygen atoms in total. The Morgan fingerprint density at radius 1 is 1.09 bits per heavy atom. The maximum Gasteiger partial charge on any atom is 0.122 e. The molecule has 1 aliphatic heterocycles. The SMILES string of the molecule is CCC1OC1CC(C)c1ccc(OCC(C)C)c(C(C)C)c1. The van der Waals surface area contributed by atoms with E-state index in [1.54, 1.807) is 0 Å². The van der Waals surface area contributed by atoms with Crippen LogP contribution < -0.4 is 4.74 Å². The van der Waals surface area contributed by atoms with Gasteiger partial charge in [0.1, 0.15) is 5.75 Å². The van der Waals surface area contributed by atoms with E-state index < -0.39 is 0 Å². The fourth-order valence-corrected chi connectivity index (χ4v) is 2.94. The molecule has 2 heteroatoms. The zero-order valence-electron chi connectivity index (χ0n) is 15.1. The van der Waals surface area contributed by atoms with Gasteiger partial charge in [0, 0.05) is 0 Å². The van der Waals surface area contributed by atoms with E-state index in [1.165, 1.54) is 11.1 Å². The first-order valence-corrected chi connectivity index (χ1v) is 8.84. The Bertz CT molecular complexity index is 479. The summed E-state index contributed by atoms with van der Waals surface area (Å²) in [4.78, 5) is 0. The van der Waals surface area contributed by atoms with Crippen LogP contribution in [0.1, 0.15) is 77.3 Å². The largest absolute Gasteiger partial charge is 0.493 e. The standard InChI is InChI=1S/C20H32O2/c1-7-18-20(22-18)10-15(6)16-8-9-19(21-12-13(2)3)17(11-16)14(4)5/h8-9,11,13-15,18,20H,7,10,12H2,1-6H3. The second-order valence-corrected chi connectivity index (χ2v) is 7.41. The zero-order valence-corrected chi connectivity index (χ0v) is 15.1. The van der Waals surface area contributed by atoms with E-state index in [4.69, 9.17) is 9.47 Å². The molecule has 0 spiro atoms. The molecule has 124 valence electrons. The molecule has 0 radical (unpaired) electrons. The molecule has 3 unspecified atom stereocenters. The van der Waals surface area contributed by atoms with Gasteiger partial charge < -0.3 is 9.47 Å². The molecule has 1 aromatic rings. The second kappa shape index (κ2) is 7.50. The average molecular weight is 304 g/mol. The fourth-order valence-electron chi connectivity index (χ4n) is 2.94. The first-order chi connectivity index (χ1) is 10.4. The summed E-state index contributed by atoms with van der Waals surface area (Å²) in [6, 6.07) is 6.73. The Kier molecular flexibility index (Phi) is 5.91. The second-order valence-electron chi connectivity index (χ2n) is 7.41. The quantitative estimate of drug-likeness (QED) is 0.590. The van der Waals surface area contributed by atoms with Gasteiger partial charge in [-0.25, -0.2) is 0 Å². The Hall–Kier alpha value is -1.02. The highest BCUT2D eigenvalue weighted by Crippen LogP contribution is 2.36. The lowest BCUT2D eigenvalue weighted by Gasteiger charge is -2.19. The average Bonchev–Trinajstić information content (AvgIpc) is 3.22. The maximum atomic E-state index is 6.00. The minimum absolute atomic E-state index is 0.472. The van der Waals surface area contributed by atoms with Crippen molar-refractivity contribution in [2.45, 2.75) is 78.4 Å². The summed E-state index contributed by atoms with van der Waals surface area (Å²) in [5, 5.41) is 0. The van der Waals surface area contributed by atoms with Gasteiger partial charge in [-0.3, -0.25) is 0 Å². The van der Waals surface area contributed by atoms with Gasteiger partial charge in [-0.15, -0.1) is 0 Å². The molecule has 22 heavy (non-hydrogen) atoms. The normalized spacial score (nSPS) is 22.2. The van der Waals surface area contributed by atoms with Crippen LogP contribution in [0, 0.1) is 5.92 Å². The van der Waals surface area contributed by atoms with Crippen molar-refractivity contribution in [2.24, 2.45) is 5.92 Å². The minimum atomic E-state index is 0.472. The van der Waals surface area contributed by atoms with Crippen LogP contribution in [-0.4, -0.2) is 18.8 Å². The Labute approximate surface area is 136 Å². The smallest absolute Gasteiger partial charge is 0.122 e. The van der Waals surface area contributed by atoms with Crippen LogP contribution in [-0.2, 0) is 4.74 Å². The third kappa shape index (κ3) is 4.49. The Balaban J connectivity index is 2.07. The molecule has 0 saturated carbocycles. The third-order valence-corrected chi connectivity index (χ3v) is 4.47. The van der Waals surface area contributed by atoms with Crippen molar-refractivity contribution in [1.82, 2.24) is 0 Å². The molecule has 1 aliphatic rings. The zero-order chi connectivity index (χ0) is 16.3. The minimum Gasteiger partial charge on any atom is -0.493 e. The van der Waals surface area contributed by atoms with Crippen molar-refractivity contribution < 1.29 is 9.47 Å². The van der Waals surface area contributed by atoms with E-state index in [2.05, 4.69) is 59.7 Å². The van der Waals surface area contributed by atoms with Crippen molar-refractivity contribution in [3.8, 4) is 5.75 Å². The van der Waals surface area contributed by atoms with Crippen LogP contribution in [0.5, 0.6) is 5.75 Å². The number of hydrogen-bond acceptors (Lipinski definition) is 2. The van der Waals surface area contributed by atoms with Gasteiger partial charge in [-0.1, -0.05) is 53.7 Å². The fraction of sp³-hybridized carbons (Fsp3) is 0.700. The van der Waals surface area contributed by atoms with E-state index in [-0.39, 0.29) is 0 Å². The molecule has 2 rings (SSSR count). The van der Waals surface area contributed by atoms with Crippen molar-refractivity contribution in [2.75, 3.05) is 6.61 Å². The van der Waals surface area contributed by atoms with Crippen molar-refractivity contribution >= 4 is 0 Å². The molecule has 0 N–H and O–H groups in total. The first-order valence-electron chi connectivity index (χ1n) is 8.84. The summed E-state index contributed by atoms with van der Waals surface area (Å²) in [7, 11) is 0. The van der Waals surface area contributed by atoms with Crippen molar-refractivity contribution in [3.05, 3.63) is 29.3 Å². The number of benzene rings is 1. The molecule has 0 bridgehead atoms. The van der Waals surface area contributed by atoms with Gasteiger partial charge in [0.05, 0.1) is 18.8 Å². The summed E-state index contributed by atoms with van der Waals surface area (Å²) in [6.45, 7) is 14.1. The van der Waals surface area contributed by atoms with Crippen molar-refractivity contribution in [3.63, 3.8) is 0 Å². The van der Waals surface area contributed by atoms with E-state index in [9.17, 15) is 0 Å². The highest BCUT2D eigenvalue weighted by atomic mass is 16.6. The topological polar surface area (TPSA) is 21.8 Å². The van der Waals surface area contributed by atoms with Gasteiger partial charge in [-0.05, 0) is 47.8 Å². The molecular weight excluding hydrogens is 272 g/mol. The molecule has 1 aromatic carbocycles. The van der Waals surface area contributed by atoms with Crippen LogP contribution in [0.25, 0.3) is 0 Å². The van der Waals surface area contributed by atoms with E-state index in [1.807, 2.05) is 0 Å². The van der Waals surface area contributed by atoms with Crippen LogP contribution >= 0.6 is 0 Å². The number of ether oxygens (including phenoxy) is 2.